The number of benzene rings is 2. The van der Waals surface area contributed by atoms with Gasteiger partial charge in [0, 0.05) is 16.8 Å². The number of nitrogens with one attached hydrogen (secondary N) is 1. The highest BCUT2D eigenvalue weighted by atomic mass is 16.5. The Labute approximate surface area is 117 Å². The quantitative estimate of drug-likeness (QED) is 0.881. The maximum absolute atomic E-state index is 12.4. The summed E-state index contributed by atoms with van der Waals surface area (Å²) in [4.78, 5) is 12.4. The first-order valence-corrected chi connectivity index (χ1v) is 6.48. The molecule has 0 spiro atoms. The van der Waals surface area contributed by atoms with Gasteiger partial charge in [0.15, 0.2) is 0 Å². The van der Waals surface area contributed by atoms with Crippen LogP contribution in [0.4, 0.5) is 5.69 Å². The predicted octanol–water partition coefficient (Wildman–Crippen LogP) is 2.82. The number of fused-ring (bicyclic) bond motifs is 1. The van der Waals surface area contributed by atoms with Crippen LogP contribution in [0, 0.1) is 6.92 Å². The van der Waals surface area contributed by atoms with E-state index in [1.165, 1.54) is 0 Å². The maximum atomic E-state index is 12.4. The molecule has 1 unspecified atom stereocenters. The van der Waals surface area contributed by atoms with E-state index in [4.69, 9.17) is 4.74 Å². The standard InChI is InChI=1S/C16H15NO3/c1-10-13(6-4-7-14(10)18)17-16(19)12-9-20-15-8-3-2-5-11(12)15/h2-8,12,18H,9H2,1H3,(H,17,19). The Morgan fingerprint density at radius 1 is 1.25 bits per heavy atom. The average Bonchev–Trinajstić information content (AvgIpc) is 2.88. The first-order valence-electron chi connectivity index (χ1n) is 6.48. The summed E-state index contributed by atoms with van der Waals surface area (Å²) in [7, 11) is 0. The van der Waals surface area contributed by atoms with Crippen LogP contribution in [0.25, 0.3) is 0 Å². The SMILES string of the molecule is Cc1c(O)cccc1NC(=O)C1COc2ccccc21. The molecule has 4 heteroatoms. The molecule has 20 heavy (non-hydrogen) atoms. The lowest BCUT2D eigenvalue weighted by Crippen LogP contribution is -2.22. The summed E-state index contributed by atoms with van der Waals surface area (Å²) in [5.74, 6) is 0.503. The van der Waals surface area contributed by atoms with Gasteiger partial charge in [0.2, 0.25) is 5.91 Å². The Hall–Kier alpha value is -2.49. The number of hydrogen-bond donors (Lipinski definition) is 2. The molecule has 0 bridgehead atoms. The van der Waals surface area contributed by atoms with Crippen LogP contribution in [-0.4, -0.2) is 17.6 Å². The van der Waals surface area contributed by atoms with E-state index in [0.717, 1.165) is 11.3 Å². The van der Waals surface area contributed by atoms with Crippen molar-refractivity contribution < 1.29 is 14.6 Å². The van der Waals surface area contributed by atoms with Crippen LogP contribution in [0.5, 0.6) is 11.5 Å². The van der Waals surface area contributed by atoms with Crippen LogP contribution in [0.3, 0.4) is 0 Å². The van der Waals surface area contributed by atoms with Crippen LogP contribution in [0.2, 0.25) is 0 Å². The minimum absolute atomic E-state index is 0.122. The van der Waals surface area contributed by atoms with Gasteiger partial charge in [-0.3, -0.25) is 4.79 Å². The molecule has 3 rings (SSSR count). The van der Waals surface area contributed by atoms with Gasteiger partial charge >= 0.3 is 0 Å². The van der Waals surface area contributed by atoms with Crippen molar-refractivity contribution in [1.82, 2.24) is 0 Å². The summed E-state index contributed by atoms with van der Waals surface area (Å²) in [5.41, 5.74) is 2.19. The van der Waals surface area contributed by atoms with E-state index in [-0.39, 0.29) is 17.6 Å². The number of para-hydroxylation sites is 1. The van der Waals surface area contributed by atoms with Crippen molar-refractivity contribution in [3.05, 3.63) is 53.6 Å². The van der Waals surface area contributed by atoms with E-state index >= 15 is 0 Å². The largest absolute Gasteiger partial charge is 0.508 e. The van der Waals surface area contributed by atoms with Gasteiger partial charge < -0.3 is 15.2 Å². The molecule has 1 aliphatic heterocycles. The lowest BCUT2D eigenvalue weighted by molar-refractivity contribution is -0.117. The summed E-state index contributed by atoms with van der Waals surface area (Å²) in [5, 5.41) is 12.5. The van der Waals surface area contributed by atoms with Gasteiger partial charge in [-0.25, -0.2) is 0 Å². The molecular weight excluding hydrogens is 254 g/mol. The number of phenols is 1. The fraction of sp³-hybridized carbons (Fsp3) is 0.188. The number of anilines is 1. The third-order valence-electron chi connectivity index (χ3n) is 3.58. The number of carbonyl (C=O) groups excluding carboxylic acids is 1. The molecule has 2 aromatic carbocycles. The number of rotatable bonds is 2. The van der Waals surface area contributed by atoms with Gasteiger partial charge in [0.05, 0.1) is 0 Å². The highest BCUT2D eigenvalue weighted by molar-refractivity contribution is 5.97. The van der Waals surface area contributed by atoms with Crippen LogP contribution >= 0.6 is 0 Å². The number of amides is 1. The van der Waals surface area contributed by atoms with Crippen LogP contribution < -0.4 is 10.1 Å². The fourth-order valence-corrected chi connectivity index (χ4v) is 2.36. The van der Waals surface area contributed by atoms with E-state index < -0.39 is 0 Å². The molecular formula is C16H15NO3. The first kappa shape index (κ1) is 12.5. The van der Waals surface area contributed by atoms with Crippen LogP contribution in [0.15, 0.2) is 42.5 Å². The molecule has 0 radical (unpaired) electrons. The van der Waals surface area contributed by atoms with Gasteiger partial charge in [-0.2, -0.15) is 0 Å². The molecule has 1 heterocycles. The topological polar surface area (TPSA) is 58.6 Å². The molecule has 4 nitrogen and oxygen atoms in total. The Bertz CT molecular complexity index is 667. The molecule has 0 saturated carbocycles. The van der Waals surface area contributed by atoms with Crippen molar-refractivity contribution in [2.45, 2.75) is 12.8 Å². The van der Waals surface area contributed by atoms with E-state index in [0.29, 0.717) is 17.9 Å². The van der Waals surface area contributed by atoms with Crippen molar-refractivity contribution in [3.8, 4) is 11.5 Å². The molecule has 1 aliphatic rings. The molecule has 0 aliphatic carbocycles. The third-order valence-corrected chi connectivity index (χ3v) is 3.58. The normalized spacial score (nSPS) is 16.4. The first-order chi connectivity index (χ1) is 9.66. The van der Waals surface area contributed by atoms with Gasteiger partial charge in [-0.1, -0.05) is 24.3 Å². The van der Waals surface area contributed by atoms with Crippen molar-refractivity contribution in [2.75, 3.05) is 11.9 Å². The smallest absolute Gasteiger partial charge is 0.235 e. The summed E-state index contributed by atoms with van der Waals surface area (Å²) in [6.45, 7) is 2.12. The lowest BCUT2D eigenvalue weighted by atomic mass is 10.0. The molecule has 0 aromatic heterocycles. The average molecular weight is 269 g/mol. The fourth-order valence-electron chi connectivity index (χ4n) is 2.36. The second-order valence-electron chi connectivity index (χ2n) is 4.84. The Balaban J connectivity index is 1.83. The zero-order chi connectivity index (χ0) is 14.1. The Morgan fingerprint density at radius 3 is 2.90 bits per heavy atom. The second-order valence-corrected chi connectivity index (χ2v) is 4.84. The highest BCUT2D eigenvalue weighted by Gasteiger charge is 2.30. The highest BCUT2D eigenvalue weighted by Crippen LogP contribution is 2.34. The molecule has 102 valence electrons. The molecule has 2 aromatic rings. The monoisotopic (exact) mass is 269 g/mol. The number of carbonyl (C=O) groups is 1. The third kappa shape index (κ3) is 2.09. The number of aromatic hydroxyl groups is 1. The van der Waals surface area contributed by atoms with Gasteiger partial charge in [-0.15, -0.1) is 0 Å². The van der Waals surface area contributed by atoms with Crippen LogP contribution in [-0.2, 0) is 4.79 Å². The predicted molar refractivity (Wildman–Crippen MR) is 76.2 cm³/mol. The minimum atomic E-state index is -0.312. The van der Waals surface area contributed by atoms with E-state index in [1.807, 2.05) is 24.3 Å². The molecule has 1 amide bonds. The van der Waals surface area contributed by atoms with E-state index in [2.05, 4.69) is 5.32 Å². The van der Waals surface area contributed by atoms with Crippen molar-refractivity contribution in [2.24, 2.45) is 0 Å². The molecule has 0 saturated heterocycles. The number of phenolic OH excluding ortho intramolecular Hbond substituents is 1. The van der Waals surface area contributed by atoms with Gasteiger partial charge in [0.1, 0.15) is 24.0 Å². The van der Waals surface area contributed by atoms with Crippen molar-refractivity contribution in [3.63, 3.8) is 0 Å². The van der Waals surface area contributed by atoms with E-state index in [1.54, 1.807) is 25.1 Å². The lowest BCUT2D eigenvalue weighted by Gasteiger charge is -2.12. The summed E-state index contributed by atoms with van der Waals surface area (Å²) >= 11 is 0. The molecule has 2 N–H and O–H groups in total. The molecule has 1 atom stereocenters. The summed E-state index contributed by atoms with van der Waals surface area (Å²) < 4.78 is 5.51. The molecule has 0 fully saturated rings. The Morgan fingerprint density at radius 2 is 2.05 bits per heavy atom. The summed E-state index contributed by atoms with van der Waals surface area (Å²) in [6, 6.07) is 12.6. The van der Waals surface area contributed by atoms with Gasteiger partial charge in [-0.05, 0) is 25.1 Å². The van der Waals surface area contributed by atoms with Crippen LogP contribution in [0.1, 0.15) is 17.0 Å². The zero-order valence-electron chi connectivity index (χ0n) is 11.1. The van der Waals surface area contributed by atoms with E-state index in [9.17, 15) is 9.90 Å². The second kappa shape index (κ2) is 4.89. The minimum Gasteiger partial charge on any atom is -0.508 e. The zero-order valence-corrected chi connectivity index (χ0v) is 11.1. The van der Waals surface area contributed by atoms with Gasteiger partial charge in [0.25, 0.3) is 0 Å². The number of hydrogen-bond acceptors (Lipinski definition) is 3. The number of ether oxygens (including phenoxy) is 1. The Kier molecular flexibility index (Phi) is 3.06. The summed E-state index contributed by atoms with van der Waals surface area (Å²) in [6.07, 6.45) is 0. The maximum Gasteiger partial charge on any atom is 0.235 e. The van der Waals surface area contributed by atoms with Crippen molar-refractivity contribution in [1.29, 1.82) is 0 Å². The van der Waals surface area contributed by atoms with Crippen molar-refractivity contribution >= 4 is 11.6 Å².